The molecule has 5 amide bonds. The van der Waals surface area contributed by atoms with E-state index < -0.39 is 35.8 Å². The van der Waals surface area contributed by atoms with Gasteiger partial charge in [-0.15, -0.1) is 0 Å². The molecule has 11 nitrogen and oxygen atoms in total. The van der Waals surface area contributed by atoms with Crippen LogP contribution in [0.15, 0.2) is 0 Å². The quantitative estimate of drug-likeness (QED) is 0.212. The number of carboxylic acid groups (broad SMARTS) is 1. The Morgan fingerprint density at radius 2 is 1.75 bits per heavy atom. The van der Waals surface area contributed by atoms with Crippen LogP contribution in [0.4, 0.5) is 4.79 Å². The number of hydrogen-bond acceptors (Lipinski definition) is 6. The van der Waals surface area contributed by atoms with Crippen molar-refractivity contribution in [3.63, 3.8) is 0 Å². The second-order valence-electron chi connectivity index (χ2n) is 9.07. The fourth-order valence-electron chi connectivity index (χ4n) is 5.16. The molecule has 11 heteroatoms. The summed E-state index contributed by atoms with van der Waals surface area (Å²) in [6, 6.07) is -0.794. The minimum absolute atomic E-state index is 0.0449. The first kappa shape index (κ1) is 24.0. The molecule has 0 aromatic rings. The zero-order valence-corrected chi connectivity index (χ0v) is 18.1. The topological polar surface area (TPSA) is 148 Å². The number of rotatable bonds is 8. The predicted octanol–water partition coefficient (Wildman–Crippen LogP) is 0.664. The number of nitrogens with zero attached hydrogens (tertiary/aromatic N) is 3. The van der Waals surface area contributed by atoms with E-state index >= 15 is 0 Å². The average molecular weight is 453 g/mol. The van der Waals surface area contributed by atoms with Crippen LogP contribution in [0.1, 0.15) is 51.4 Å². The molecule has 1 saturated carbocycles. The maximum Gasteiger partial charge on any atom is 0.407 e. The van der Waals surface area contributed by atoms with Crippen molar-refractivity contribution in [3.05, 3.63) is 0 Å². The number of imide groups is 1. The Kier molecular flexibility index (Phi) is 8.05. The van der Waals surface area contributed by atoms with E-state index in [-0.39, 0.29) is 32.0 Å². The van der Waals surface area contributed by atoms with E-state index in [0.29, 0.717) is 43.2 Å². The Bertz CT molecular complexity index is 740. The summed E-state index contributed by atoms with van der Waals surface area (Å²) >= 11 is 0. The third-order valence-electron chi connectivity index (χ3n) is 6.89. The Hall–Kier alpha value is -2.69. The summed E-state index contributed by atoms with van der Waals surface area (Å²) in [5.41, 5.74) is 0. The number of amides is 5. The summed E-state index contributed by atoms with van der Waals surface area (Å²) in [4.78, 5) is 63.1. The van der Waals surface area contributed by atoms with E-state index in [4.69, 9.17) is 5.11 Å². The van der Waals surface area contributed by atoms with E-state index in [1.807, 2.05) is 0 Å². The fourth-order valence-corrected chi connectivity index (χ4v) is 5.16. The summed E-state index contributed by atoms with van der Waals surface area (Å²) in [6.45, 7) is 0.529. The standard InChI is InChI=1S/C21H32N4O7/c26-13-24(32)12-16(10-14-4-1-2-5-14)20(29)25-8-3-6-17(25)19(28)22-18(27)15-7-9-23(11-15)21(30)31/h13-17,32H,1-12H2,(H,30,31)(H,22,27,28)/t15?,16-,17-/m1/s1. The van der Waals surface area contributed by atoms with Crippen LogP contribution >= 0.6 is 0 Å². The van der Waals surface area contributed by atoms with Crippen molar-refractivity contribution in [1.82, 2.24) is 20.2 Å². The van der Waals surface area contributed by atoms with E-state index in [9.17, 15) is 29.2 Å². The first-order valence-electron chi connectivity index (χ1n) is 11.3. The third-order valence-corrected chi connectivity index (χ3v) is 6.89. The van der Waals surface area contributed by atoms with Crippen LogP contribution < -0.4 is 5.32 Å². The molecule has 178 valence electrons. The minimum atomic E-state index is -1.10. The first-order chi connectivity index (χ1) is 15.3. The molecule has 3 aliphatic rings. The van der Waals surface area contributed by atoms with Crippen molar-refractivity contribution in [1.29, 1.82) is 0 Å². The Morgan fingerprint density at radius 3 is 2.38 bits per heavy atom. The average Bonchev–Trinajstić information content (AvgIpc) is 3.53. The smallest absolute Gasteiger partial charge is 0.407 e. The zero-order chi connectivity index (χ0) is 23.3. The van der Waals surface area contributed by atoms with Crippen LogP contribution in [0.2, 0.25) is 0 Å². The highest BCUT2D eigenvalue weighted by atomic mass is 16.5. The van der Waals surface area contributed by atoms with Crippen LogP contribution in [0.25, 0.3) is 0 Å². The maximum absolute atomic E-state index is 13.3. The first-order valence-corrected chi connectivity index (χ1v) is 11.3. The van der Waals surface area contributed by atoms with E-state index in [1.165, 1.54) is 4.90 Å². The van der Waals surface area contributed by atoms with Crippen LogP contribution in [-0.2, 0) is 19.2 Å². The van der Waals surface area contributed by atoms with Crippen molar-refractivity contribution in [2.45, 2.75) is 57.4 Å². The van der Waals surface area contributed by atoms with Gasteiger partial charge in [-0.25, -0.2) is 9.86 Å². The molecule has 0 bridgehead atoms. The van der Waals surface area contributed by atoms with Crippen molar-refractivity contribution >= 4 is 30.2 Å². The van der Waals surface area contributed by atoms with Crippen molar-refractivity contribution in [2.24, 2.45) is 17.8 Å². The molecule has 2 heterocycles. The molecule has 3 atom stereocenters. The summed E-state index contributed by atoms with van der Waals surface area (Å²) in [6.07, 6.45) is 5.29. The molecule has 2 saturated heterocycles. The molecular weight excluding hydrogens is 420 g/mol. The SMILES string of the molecule is O=CN(O)C[C@@H](CC1CCCC1)C(=O)N1CCC[C@@H]1C(=O)NC(=O)C1CCN(C(=O)O)C1. The van der Waals surface area contributed by atoms with E-state index in [2.05, 4.69) is 5.32 Å². The fraction of sp³-hybridized carbons (Fsp3) is 0.762. The largest absolute Gasteiger partial charge is 0.465 e. The molecule has 0 spiro atoms. The van der Waals surface area contributed by atoms with Gasteiger partial charge in [0.05, 0.1) is 18.4 Å². The van der Waals surface area contributed by atoms with Gasteiger partial charge < -0.3 is 14.9 Å². The highest BCUT2D eigenvalue weighted by Crippen LogP contribution is 2.32. The van der Waals surface area contributed by atoms with Gasteiger partial charge in [0.2, 0.25) is 24.1 Å². The highest BCUT2D eigenvalue weighted by Gasteiger charge is 2.40. The number of carbonyl (C=O) groups is 5. The monoisotopic (exact) mass is 452 g/mol. The number of carbonyl (C=O) groups excluding carboxylic acids is 4. The number of hydroxylamine groups is 2. The van der Waals surface area contributed by atoms with Gasteiger partial charge in [0.1, 0.15) is 6.04 Å². The molecule has 3 N–H and O–H groups in total. The normalized spacial score (nSPS) is 24.4. The number of hydrogen-bond donors (Lipinski definition) is 3. The van der Waals surface area contributed by atoms with Gasteiger partial charge in [0.25, 0.3) is 0 Å². The third kappa shape index (κ3) is 5.76. The van der Waals surface area contributed by atoms with Gasteiger partial charge >= 0.3 is 6.09 Å². The van der Waals surface area contributed by atoms with Crippen LogP contribution in [0.5, 0.6) is 0 Å². The zero-order valence-electron chi connectivity index (χ0n) is 18.1. The molecule has 0 aromatic carbocycles. The molecule has 2 aliphatic heterocycles. The van der Waals surface area contributed by atoms with Crippen LogP contribution in [0.3, 0.4) is 0 Å². The molecule has 0 aromatic heterocycles. The molecule has 3 fully saturated rings. The number of likely N-dealkylation sites (tertiary alicyclic amines) is 2. The Labute approximate surface area is 186 Å². The molecule has 1 aliphatic carbocycles. The molecule has 3 rings (SSSR count). The summed E-state index contributed by atoms with van der Waals surface area (Å²) in [5, 5.41) is 21.6. The van der Waals surface area contributed by atoms with Crippen molar-refractivity contribution in [3.8, 4) is 0 Å². The molecule has 0 radical (unpaired) electrons. The summed E-state index contributed by atoms with van der Waals surface area (Å²) in [5.74, 6) is -2.24. The maximum atomic E-state index is 13.3. The lowest BCUT2D eigenvalue weighted by Gasteiger charge is -2.30. The van der Waals surface area contributed by atoms with Crippen molar-refractivity contribution < 1.29 is 34.3 Å². The van der Waals surface area contributed by atoms with Gasteiger partial charge in [-0.2, -0.15) is 0 Å². The number of nitrogens with one attached hydrogen (secondary N) is 1. The lowest BCUT2D eigenvalue weighted by molar-refractivity contribution is -0.158. The Balaban J connectivity index is 1.62. The van der Waals surface area contributed by atoms with E-state index in [1.54, 1.807) is 0 Å². The molecular formula is C21H32N4O7. The van der Waals surface area contributed by atoms with Crippen LogP contribution in [0, 0.1) is 17.8 Å². The van der Waals surface area contributed by atoms with Crippen LogP contribution in [-0.4, -0.2) is 87.6 Å². The lowest BCUT2D eigenvalue weighted by Crippen LogP contribution is -2.51. The molecule has 1 unspecified atom stereocenters. The highest BCUT2D eigenvalue weighted by molar-refractivity contribution is 6.00. The van der Waals surface area contributed by atoms with Crippen molar-refractivity contribution in [2.75, 3.05) is 26.2 Å². The molecule has 32 heavy (non-hydrogen) atoms. The minimum Gasteiger partial charge on any atom is -0.465 e. The van der Waals surface area contributed by atoms with Gasteiger partial charge in [0, 0.05) is 19.6 Å². The lowest BCUT2D eigenvalue weighted by atomic mass is 9.91. The Morgan fingerprint density at radius 1 is 1.03 bits per heavy atom. The summed E-state index contributed by atoms with van der Waals surface area (Å²) < 4.78 is 0. The van der Waals surface area contributed by atoms with Gasteiger partial charge in [-0.05, 0) is 31.6 Å². The second kappa shape index (κ2) is 10.8. The van der Waals surface area contributed by atoms with E-state index in [0.717, 1.165) is 30.6 Å². The van der Waals surface area contributed by atoms with Gasteiger partial charge in [0.15, 0.2) is 0 Å². The van der Waals surface area contributed by atoms with Gasteiger partial charge in [-0.1, -0.05) is 25.7 Å². The predicted molar refractivity (Wildman–Crippen MR) is 110 cm³/mol. The van der Waals surface area contributed by atoms with Gasteiger partial charge in [-0.3, -0.25) is 29.7 Å². The summed E-state index contributed by atoms with van der Waals surface area (Å²) in [7, 11) is 0. The second-order valence-corrected chi connectivity index (χ2v) is 9.07.